The summed E-state index contributed by atoms with van der Waals surface area (Å²) in [4.78, 5) is 2.27. The summed E-state index contributed by atoms with van der Waals surface area (Å²) in [7, 11) is 4.26. The molecule has 2 N–H and O–H groups in total. The van der Waals surface area contributed by atoms with Gasteiger partial charge >= 0.3 is 0 Å². The summed E-state index contributed by atoms with van der Waals surface area (Å²) in [5.74, 6) is 0. The van der Waals surface area contributed by atoms with Gasteiger partial charge in [0.1, 0.15) is 0 Å². The van der Waals surface area contributed by atoms with E-state index in [1.807, 2.05) is 0 Å². The molecule has 0 unspecified atom stereocenters. The molecule has 0 amide bonds. The molecule has 1 fully saturated rings. The van der Waals surface area contributed by atoms with Crippen LogP contribution in [0.5, 0.6) is 0 Å². The zero-order valence-corrected chi connectivity index (χ0v) is 6.30. The molecule has 9 heavy (non-hydrogen) atoms. The van der Waals surface area contributed by atoms with Gasteiger partial charge in [0.2, 0.25) is 0 Å². The van der Waals surface area contributed by atoms with Crippen LogP contribution in [-0.2, 0) is 0 Å². The van der Waals surface area contributed by atoms with Crippen LogP contribution < -0.4 is 5.73 Å². The summed E-state index contributed by atoms with van der Waals surface area (Å²) in [6, 6.07) is 1.22. The summed E-state index contributed by atoms with van der Waals surface area (Å²) in [5.41, 5.74) is 5.74. The Balaban J connectivity index is 2.30. The molecule has 0 aromatic carbocycles. The largest absolute Gasteiger partial charge is 0.328 e. The summed E-state index contributed by atoms with van der Waals surface area (Å²) in [5, 5.41) is 0. The van der Waals surface area contributed by atoms with Crippen molar-refractivity contribution in [2.75, 3.05) is 14.1 Å². The fourth-order valence-corrected chi connectivity index (χ4v) is 1.46. The standard InChI is InChI=1S/C7H16N2/c1-9(2)7-4-3-6(8)5-7/h6-7H,3-5,8H2,1-2H3/t6-,7+/m0/s1. The second kappa shape index (κ2) is 2.67. The van der Waals surface area contributed by atoms with E-state index >= 15 is 0 Å². The van der Waals surface area contributed by atoms with Crippen molar-refractivity contribution in [2.24, 2.45) is 5.73 Å². The molecule has 0 bridgehead atoms. The first-order valence-electron chi connectivity index (χ1n) is 3.62. The second-order valence-electron chi connectivity index (χ2n) is 3.19. The van der Waals surface area contributed by atoms with Crippen LogP contribution >= 0.6 is 0 Å². The average molecular weight is 128 g/mol. The van der Waals surface area contributed by atoms with Gasteiger partial charge in [0, 0.05) is 12.1 Å². The zero-order valence-electron chi connectivity index (χ0n) is 6.30. The highest BCUT2D eigenvalue weighted by Crippen LogP contribution is 2.20. The van der Waals surface area contributed by atoms with E-state index in [4.69, 9.17) is 5.73 Å². The van der Waals surface area contributed by atoms with Crippen LogP contribution in [0.15, 0.2) is 0 Å². The Morgan fingerprint density at radius 2 is 2.00 bits per heavy atom. The normalized spacial score (nSPS) is 36.0. The fraction of sp³-hybridized carbons (Fsp3) is 1.00. The van der Waals surface area contributed by atoms with Gasteiger partial charge in [-0.1, -0.05) is 0 Å². The Morgan fingerprint density at radius 3 is 2.22 bits per heavy atom. The van der Waals surface area contributed by atoms with E-state index in [-0.39, 0.29) is 0 Å². The van der Waals surface area contributed by atoms with Crippen molar-refractivity contribution in [3.8, 4) is 0 Å². The van der Waals surface area contributed by atoms with E-state index in [2.05, 4.69) is 19.0 Å². The minimum Gasteiger partial charge on any atom is -0.328 e. The highest BCUT2D eigenvalue weighted by atomic mass is 15.1. The fourth-order valence-electron chi connectivity index (χ4n) is 1.46. The van der Waals surface area contributed by atoms with Gasteiger partial charge in [-0.25, -0.2) is 0 Å². The Labute approximate surface area is 57.0 Å². The number of rotatable bonds is 1. The van der Waals surface area contributed by atoms with Gasteiger partial charge in [-0.2, -0.15) is 0 Å². The van der Waals surface area contributed by atoms with Gasteiger partial charge in [0.05, 0.1) is 0 Å². The molecular formula is C7H16N2. The van der Waals surface area contributed by atoms with E-state index in [1.54, 1.807) is 0 Å². The number of hydrogen-bond donors (Lipinski definition) is 1. The van der Waals surface area contributed by atoms with Gasteiger partial charge in [-0.15, -0.1) is 0 Å². The van der Waals surface area contributed by atoms with E-state index in [0.29, 0.717) is 6.04 Å². The van der Waals surface area contributed by atoms with Gasteiger partial charge < -0.3 is 10.6 Å². The third kappa shape index (κ3) is 1.66. The lowest BCUT2D eigenvalue weighted by atomic mass is 10.2. The Bertz CT molecular complexity index is 90.9. The van der Waals surface area contributed by atoms with Gasteiger partial charge in [0.15, 0.2) is 0 Å². The molecular weight excluding hydrogens is 112 g/mol. The van der Waals surface area contributed by atoms with Crippen LogP contribution in [0.2, 0.25) is 0 Å². The Hall–Kier alpha value is -0.0800. The monoisotopic (exact) mass is 128 g/mol. The molecule has 1 aliphatic carbocycles. The highest BCUT2D eigenvalue weighted by Gasteiger charge is 2.22. The molecule has 0 aromatic heterocycles. The van der Waals surface area contributed by atoms with E-state index in [0.717, 1.165) is 6.04 Å². The van der Waals surface area contributed by atoms with E-state index in [9.17, 15) is 0 Å². The lowest BCUT2D eigenvalue weighted by molar-refractivity contribution is 0.297. The molecule has 2 heteroatoms. The third-order valence-electron chi connectivity index (χ3n) is 2.18. The highest BCUT2D eigenvalue weighted by molar-refractivity contribution is 4.82. The minimum absolute atomic E-state index is 0.470. The van der Waals surface area contributed by atoms with Crippen LogP contribution in [0.1, 0.15) is 19.3 Å². The SMILES string of the molecule is CN(C)[C@@H]1CC[C@H](N)C1. The lowest BCUT2D eigenvalue weighted by Gasteiger charge is -2.17. The topological polar surface area (TPSA) is 29.3 Å². The van der Waals surface area contributed by atoms with Crippen molar-refractivity contribution in [1.29, 1.82) is 0 Å². The molecule has 0 aliphatic heterocycles. The van der Waals surface area contributed by atoms with Crippen LogP contribution in [-0.4, -0.2) is 31.1 Å². The summed E-state index contributed by atoms with van der Waals surface area (Å²) in [6.45, 7) is 0. The number of hydrogen-bond acceptors (Lipinski definition) is 2. The van der Waals surface area contributed by atoms with Gasteiger partial charge in [-0.3, -0.25) is 0 Å². The predicted molar refractivity (Wildman–Crippen MR) is 39.3 cm³/mol. The molecule has 0 aromatic rings. The minimum atomic E-state index is 0.470. The van der Waals surface area contributed by atoms with Crippen molar-refractivity contribution < 1.29 is 0 Å². The Morgan fingerprint density at radius 1 is 1.33 bits per heavy atom. The molecule has 1 saturated carbocycles. The van der Waals surface area contributed by atoms with Gasteiger partial charge in [0.25, 0.3) is 0 Å². The number of nitrogens with zero attached hydrogens (tertiary/aromatic N) is 1. The molecule has 0 saturated heterocycles. The van der Waals surface area contributed by atoms with Crippen molar-refractivity contribution >= 4 is 0 Å². The zero-order chi connectivity index (χ0) is 6.85. The maximum atomic E-state index is 5.74. The molecule has 0 heterocycles. The second-order valence-corrected chi connectivity index (χ2v) is 3.19. The maximum Gasteiger partial charge on any atom is 0.0104 e. The van der Waals surface area contributed by atoms with Crippen molar-refractivity contribution in [1.82, 2.24) is 4.90 Å². The molecule has 0 spiro atoms. The summed E-state index contributed by atoms with van der Waals surface area (Å²) < 4.78 is 0. The van der Waals surface area contributed by atoms with Crippen molar-refractivity contribution in [2.45, 2.75) is 31.3 Å². The first kappa shape index (κ1) is 7.03. The molecule has 1 aliphatic rings. The first-order valence-corrected chi connectivity index (χ1v) is 3.62. The quantitative estimate of drug-likeness (QED) is 0.555. The summed E-state index contributed by atoms with van der Waals surface area (Å²) in [6.07, 6.45) is 3.68. The van der Waals surface area contributed by atoms with Gasteiger partial charge in [-0.05, 0) is 33.4 Å². The molecule has 2 atom stereocenters. The molecule has 54 valence electrons. The first-order chi connectivity index (χ1) is 4.20. The van der Waals surface area contributed by atoms with Crippen LogP contribution in [0.25, 0.3) is 0 Å². The van der Waals surface area contributed by atoms with Crippen molar-refractivity contribution in [3.05, 3.63) is 0 Å². The summed E-state index contributed by atoms with van der Waals surface area (Å²) >= 11 is 0. The van der Waals surface area contributed by atoms with Crippen LogP contribution in [0.4, 0.5) is 0 Å². The molecule has 0 radical (unpaired) electrons. The smallest absolute Gasteiger partial charge is 0.0104 e. The van der Waals surface area contributed by atoms with Crippen LogP contribution in [0.3, 0.4) is 0 Å². The lowest BCUT2D eigenvalue weighted by Crippen LogP contribution is -2.27. The average Bonchev–Trinajstić information content (AvgIpc) is 2.14. The number of nitrogens with two attached hydrogens (primary N) is 1. The predicted octanol–water partition coefficient (Wildman–Crippen LogP) is 0.428. The van der Waals surface area contributed by atoms with Crippen molar-refractivity contribution in [3.63, 3.8) is 0 Å². The molecule has 2 nitrogen and oxygen atoms in total. The van der Waals surface area contributed by atoms with Crippen LogP contribution in [0, 0.1) is 0 Å². The van der Waals surface area contributed by atoms with E-state index < -0.39 is 0 Å². The maximum absolute atomic E-state index is 5.74. The third-order valence-corrected chi connectivity index (χ3v) is 2.18. The molecule has 1 rings (SSSR count). The Kier molecular flexibility index (Phi) is 2.09. The van der Waals surface area contributed by atoms with E-state index in [1.165, 1.54) is 19.3 Å².